The number of nitrogens with zero attached hydrogens (tertiary/aromatic N) is 3. The molecule has 2 amide bonds. The monoisotopic (exact) mass is 362 g/mol. The smallest absolute Gasteiger partial charge is 0.319 e. The number of anilines is 1. The van der Waals surface area contributed by atoms with E-state index in [9.17, 15) is 4.79 Å². The average molecular weight is 362 g/mol. The quantitative estimate of drug-likeness (QED) is 0.890. The molecule has 0 spiro atoms. The van der Waals surface area contributed by atoms with Gasteiger partial charge in [-0.15, -0.1) is 0 Å². The maximum Gasteiger partial charge on any atom is 0.322 e. The molecule has 4 aliphatic rings. The molecule has 27 heavy (non-hydrogen) atoms. The standard InChI is InChI=1S/C22H26N4O/c1-15-4-2-6-18(12-15)24-22(27)26-14-19(17-5-3-9-23-13-17)21-20(26)16-7-10-25(21)11-8-16/h2-6,9,12-13,16,19-21H,7-8,10-11,14H2,1H3,(H,24,27). The van der Waals surface area contributed by atoms with Crippen molar-refractivity contribution in [2.75, 3.05) is 25.0 Å². The average Bonchev–Trinajstić information content (AvgIpc) is 3.13. The second-order valence-corrected chi connectivity index (χ2v) is 8.20. The summed E-state index contributed by atoms with van der Waals surface area (Å²) in [6.45, 7) is 5.14. The molecule has 1 aromatic heterocycles. The minimum absolute atomic E-state index is 0.0377. The Morgan fingerprint density at radius 1 is 1.15 bits per heavy atom. The van der Waals surface area contributed by atoms with E-state index in [1.807, 2.05) is 49.6 Å². The molecule has 6 rings (SSSR count). The highest BCUT2D eigenvalue weighted by molar-refractivity contribution is 5.90. The summed E-state index contributed by atoms with van der Waals surface area (Å²) in [5.74, 6) is 0.958. The lowest BCUT2D eigenvalue weighted by Gasteiger charge is -2.51. The predicted molar refractivity (Wildman–Crippen MR) is 106 cm³/mol. The molecule has 140 valence electrons. The lowest BCUT2D eigenvalue weighted by Crippen LogP contribution is -2.61. The second-order valence-electron chi connectivity index (χ2n) is 8.20. The summed E-state index contributed by atoms with van der Waals surface area (Å²) in [4.78, 5) is 22.3. The molecule has 5 nitrogen and oxygen atoms in total. The number of urea groups is 1. The Balaban J connectivity index is 1.44. The summed E-state index contributed by atoms with van der Waals surface area (Å²) >= 11 is 0. The molecular formula is C22H26N4O. The van der Waals surface area contributed by atoms with Crippen LogP contribution in [0.2, 0.25) is 0 Å². The molecule has 2 bridgehead atoms. The van der Waals surface area contributed by atoms with E-state index in [1.54, 1.807) is 0 Å². The number of hydrogen-bond acceptors (Lipinski definition) is 3. The van der Waals surface area contributed by atoms with E-state index >= 15 is 0 Å². The number of piperidine rings is 3. The van der Waals surface area contributed by atoms with Gasteiger partial charge in [0.1, 0.15) is 0 Å². The van der Waals surface area contributed by atoms with Gasteiger partial charge in [-0.2, -0.15) is 0 Å². The van der Waals surface area contributed by atoms with Gasteiger partial charge in [0, 0.05) is 36.6 Å². The van der Waals surface area contributed by atoms with Crippen molar-refractivity contribution in [3.8, 4) is 0 Å². The van der Waals surface area contributed by atoms with Gasteiger partial charge in [-0.25, -0.2) is 4.79 Å². The zero-order valence-corrected chi connectivity index (χ0v) is 15.7. The fourth-order valence-electron chi connectivity index (χ4n) is 5.46. The van der Waals surface area contributed by atoms with Crippen LogP contribution >= 0.6 is 0 Å². The maximum atomic E-state index is 13.2. The normalized spacial score (nSPS) is 31.6. The van der Waals surface area contributed by atoms with E-state index in [4.69, 9.17) is 0 Å². The molecule has 2 aromatic rings. The van der Waals surface area contributed by atoms with E-state index in [0.29, 0.717) is 23.9 Å². The molecule has 3 atom stereocenters. The van der Waals surface area contributed by atoms with Crippen LogP contribution < -0.4 is 5.32 Å². The molecule has 0 aliphatic carbocycles. The predicted octanol–water partition coefficient (Wildman–Crippen LogP) is 3.48. The minimum Gasteiger partial charge on any atom is -0.319 e. The third-order valence-corrected chi connectivity index (χ3v) is 6.64. The van der Waals surface area contributed by atoms with Crippen molar-refractivity contribution in [3.05, 3.63) is 59.9 Å². The highest BCUT2D eigenvalue weighted by Gasteiger charge is 2.54. The molecule has 4 fully saturated rings. The maximum absolute atomic E-state index is 13.2. The lowest BCUT2D eigenvalue weighted by molar-refractivity contribution is 0.00493. The van der Waals surface area contributed by atoms with Crippen LogP contribution in [0.15, 0.2) is 48.8 Å². The van der Waals surface area contributed by atoms with Crippen LogP contribution in [0.4, 0.5) is 10.5 Å². The van der Waals surface area contributed by atoms with Gasteiger partial charge in [-0.05, 0) is 68.1 Å². The Kier molecular flexibility index (Phi) is 4.12. The first-order valence-electron chi connectivity index (χ1n) is 9.99. The summed E-state index contributed by atoms with van der Waals surface area (Å²) in [5, 5.41) is 3.14. The van der Waals surface area contributed by atoms with Crippen LogP contribution in [0.3, 0.4) is 0 Å². The van der Waals surface area contributed by atoms with Crippen LogP contribution in [0.25, 0.3) is 0 Å². The molecule has 0 saturated carbocycles. The van der Waals surface area contributed by atoms with Gasteiger partial charge in [0.15, 0.2) is 0 Å². The Labute approximate surface area is 160 Å². The number of fused-ring (bicyclic) bond motifs is 2. The van der Waals surface area contributed by atoms with E-state index in [0.717, 1.165) is 30.9 Å². The van der Waals surface area contributed by atoms with Crippen molar-refractivity contribution < 1.29 is 4.79 Å². The summed E-state index contributed by atoms with van der Waals surface area (Å²) < 4.78 is 0. The Morgan fingerprint density at radius 2 is 2.00 bits per heavy atom. The van der Waals surface area contributed by atoms with Crippen molar-refractivity contribution >= 4 is 11.7 Å². The highest BCUT2D eigenvalue weighted by atomic mass is 16.2. The third kappa shape index (κ3) is 2.90. The number of benzene rings is 1. The number of amides is 2. The first-order chi connectivity index (χ1) is 13.2. The van der Waals surface area contributed by atoms with Crippen LogP contribution in [-0.2, 0) is 0 Å². The Hall–Kier alpha value is -2.40. The summed E-state index contributed by atoms with van der Waals surface area (Å²) in [5.41, 5.74) is 3.29. The van der Waals surface area contributed by atoms with E-state index in [2.05, 4.69) is 26.2 Å². The number of hydrogen-bond donors (Lipinski definition) is 1. The number of likely N-dealkylation sites (tertiary alicyclic amines) is 1. The van der Waals surface area contributed by atoms with Crippen LogP contribution in [0.5, 0.6) is 0 Å². The molecule has 3 unspecified atom stereocenters. The van der Waals surface area contributed by atoms with Gasteiger partial charge in [0.25, 0.3) is 0 Å². The molecule has 0 radical (unpaired) electrons. The molecule has 4 aliphatic heterocycles. The first-order valence-corrected chi connectivity index (χ1v) is 9.99. The minimum atomic E-state index is 0.0377. The van der Waals surface area contributed by atoms with Gasteiger partial charge >= 0.3 is 6.03 Å². The number of carbonyl (C=O) groups is 1. The molecule has 5 heteroatoms. The van der Waals surface area contributed by atoms with Crippen molar-refractivity contribution in [1.82, 2.24) is 14.8 Å². The number of aromatic nitrogens is 1. The molecule has 4 saturated heterocycles. The van der Waals surface area contributed by atoms with E-state index in [-0.39, 0.29) is 6.03 Å². The lowest BCUT2D eigenvalue weighted by atomic mass is 9.75. The molecule has 1 N–H and O–H groups in total. The zero-order valence-electron chi connectivity index (χ0n) is 15.7. The van der Waals surface area contributed by atoms with Gasteiger partial charge in [0.05, 0.1) is 6.04 Å². The van der Waals surface area contributed by atoms with Crippen LogP contribution in [-0.4, -0.2) is 52.5 Å². The number of carbonyl (C=O) groups excluding carboxylic acids is 1. The third-order valence-electron chi connectivity index (χ3n) is 6.64. The summed E-state index contributed by atoms with van der Waals surface area (Å²) in [6.07, 6.45) is 6.21. The topological polar surface area (TPSA) is 48.5 Å². The second kappa shape index (κ2) is 6.64. The van der Waals surface area contributed by atoms with Crippen molar-refractivity contribution in [2.24, 2.45) is 5.92 Å². The van der Waals surface area contributed by atoms with Gasteiger partial charge < -0.3 is 10.2 Å². The zero-order chi connectivity index (χ0) is 18.4. The van der Waals surface area contributed by atoms with Crippen molar-refractivity contribution in [2.45, 2.75) is 37.8 Å². The molecule has 5 heterocycles. The van der Waals surface area contributed by atoms with Gasteiger partial charge in [0.2, 0.25) is 0 Å². The van der Waals surface area contributed by atoms with E-state index in [1.165, 1.54) is 18.4 Å². The fourth-order valence-corrected chi connectivity index (χ4v) is 5.46. The van der Waals surface area contributed by atoms with Crippen LogP contribution in [0.1, 0.15) is 29.9 Å². The number of pyridine rings is 1. The number of aryl methyl sites for hydroxylation is 1. The molecular weight excluding hydrogens is 336 g/mol. The number of rotatable bonds is 2. The highest BCUT2D eigenvalue weighted by Crippen LogP contribution is 2.46. The van der Waals surface area contributed by atoms with E-state index < -0.39 is 0 Å². The summed E-state index contributed by atoms with van der Waals surface area (Å²) in [7, 11) is 0. The Morgan fingerprint density at radius 3 is 2.74 bits per heavy atom. The fraction of sp³-hybridized carbons (Fsp3) is 0.455. The SMILES string of the molecule is Cc1cccc(NC(=O)N2CC(c3cccnc3)C3C2C2CCN3CC2)c1. The summed E-state index contributed by atoms with van der Waals surface area (Å²) in [6, 6.07) is 13.0. The Bertz CT molecular complexity index is 831. The van der Waals surface area contributed by atoms with Crippen molar-refractivity contribution in [1.29, 1.82) is 0 Å². The largest absolute Gasteiger partial charge is 0.322 e. The molecule has 1 aromatic carbocycles. The van der Waals surface area contributed by atoms with Gasteiger partial charge in [-0.3, -0.25) is 9.88 Å². The van der Waals surface area contributed by atoms with Crippen LogP contribution in [0, 0.1) is 12.8 Å². The number of nitrogens with one attached hydrogen (secondary N) is 1. The van der Waals surface area contributed by atoms with Crippen molar-refractivity contribution in [3.63, 3.8) is 0 Å². The van der Waals surface area contributed by atoms with Gasteiger partial charge in [-0.1, -0.05) is 18.2 Å². The first kappa shape index (κ1) is 16.8.